The minimum absolute atomic E-state index is 0.243. The molecule has 1 aromatic carbocycles. The molecular weight excluding hydrogens is 259 g/mol. The molecule has 0 aromatic heterocycles. The Kier molecular flexibility index (Phi) is 5.12. The molecule has 1 aliphatic rings. The maximum atomic E-state index is 13.3. The summed E-state index contributed by atoms with van der Waals surface area (Å²) in [5, 5.41) is 8.91. The Morgan fingerprint density at radius 3 is 2.85 bits per heavy atom. The number of rotatable bonds is 5. The average Bonchev–Trinajstić information content (AvgIpc) is 2.46. The molecule has 110 valence electrons. The van der Waals surface area contributed by atoms with Gasteiger partial charge in [-0.05, 0) is 36.5 Å². The molecule has 0 aliphatic heterocycles. The Morgan fingerprint density at radius 2 is 2.15 bits per heavy atom. The highest BCUT2D eigenvalue weighted by Crippen LogP contribution is 2.29. The van der Waals surface area contributed by atoms with E-state index < -0.39 is 11.8 Å². The van der Waals surface area contributed by atoms with Crippen LogP contribution in [0.1, 0.15) is 54.9 Å². The second-order valence-electron chi connectivity index (χ2n) is 5.42. The van der Waals surface area contributed by atoms with Gasteiger partial charge in [-0.15, -0.1) is 0 Å². The molecule has 4 heteroatoms. The van der Waals surface area contributed by atoms with Gasteiger partial charge in [0, 0.05) is 0 Å². The highest BCUT2D eigenvalue weighted by Gasteiger charge is 2.24. The molecule has 1 fully saturated rings. The molecule has 1 saturated carbocycles. The SMILES string of the molecule is CCC1CCCCC1OCc1ccc(F)c(C(=O)O)c1. The van der Waals surface area contributed by atoms with Gasteiger partial charge in [0.05, 0.1) is 18.3 Å². The van der Waals surface area contributed by atoms with E-state index >= 15 is 0 Å². The van der Waals surface area contributed by atoms with Crippen molar-refractivity contribution in [2.24, 2.45) is 5.92 Å². The van der Waals surface area contributed by atoms with E-state index in [1.807, 2.05) is 0 Å². The number of aromatic carboxylic acids is 1. The second kappa shape index (κ2) is 6.84. The lowest BCUT2D eigenvalue weighted by Gasteiger charge is -2.30. The third kappa shape index (κ3) is 3.57. The van der Waals surface area contributed by atoms with Gasteiger partial charge in [-0.1, -0.05) is 32.3 Å². The van der Waals surface area contributed by atoms with Crippen LogP contribution in [0.3, 0.4) is 0 Å². The number of carboxylic acids is 1. The predicted molar refractivity (Wildman–Crippen MR) is 74.2 cm³/mol. The van der Waals surface area contributed by atoms with E-state index in [1.165, 1.54) is 31.4 Å². The number of ether oxygens (including phenoxy) is 1. The van der Waals surface area contributed by atoms with Crippen LogP contribution in [0, 0.1) is 11.7 Å². The smallest absolute Gasteiger partial charge is 0.338 e. The highest BCUT2D eigenvalue weighted by molar-refractivity contribution is 5.88. The minimum atomic E-state index is -1.24. The zero-order chi connectivity index (χ0) is 14.5. The molecule has 0 radical (unpaired) electrons. The van der Waals surface area contributed by atoms with E-state index in [9.17, 15) is 9.18 Å². The van der Waals surface area contributed by atoms with Gasteiger partial charge in [0.2, 0.25) is 0 Å². The standard InChI is InChI=1S/C16H21FO3/c1-2-12-5-3-4-6-15(12)20-10-11-7-8-14(17)13(9-11)16(18)19/h7-9,12,15H,2-6,10H2,1H3,(H,18,19). The second-order valence-corrected chi connectivity index (χ2v) is 5.42. The number of halogens is 1. The zero-order valence-electron chi connectivity index (χ0n) is 11.8. The lowest BCUT2D eigenvalue weighted by Crippen LogP contribution is -2.27. The van der Waals surface area contributed by atoms with Crippen LogP contribution < -0.4 is 0 Å². The Hall–Kier alpha value is -1.42. The summed E-state index contributed by atoms with van der Waals surface area (Å²) in [7, 11) is 0. The van der Waals surface area contributed by atoms with Crippen molar-refractivity contribution in [3.8, 4) is 0 Å². The van der Waals surface area contributed by atoms with Gasteiger partial charge in [0.15, 0.2) is 0 Å². The molecule has 0 amide bonds. The maximum Gasteiger partial charge on any atom is 0.338 e. The molecule has 0 heterocycles. The summed E-state index contributed by atoms with van der Waals surface area (Å²) in [6.07, 6.45) is 6.06. The van der Waals surface area contributed by atoms with Crippen molar-refractivity contribution in [2.75, 3.05) is 0 Å². The van der Waals surface area contributed by atoms with Crippen molar-refractivity contribution in [2.45, 2.75) is 51.7 Å². The molecule has 0 spiro atoms. The summed E-state index contributed by atoms with van der Waals surface area (Å²) in [5.74, 6) is -1.36. The summed E-state index contributed by atoms with van der Waals surface area (Å²) in [4.78, 5) is 10.9. The monoisotopic (exact) mass is 280 g/mol. The van der Waals surface area contributed by atoms with Crippen LogP contribution in [0.5, 0.6) is 0 Å². The molecule has 3 nitrogen and oxygen atoms in total. The summed E-state index contributed by atoms with van der Waals surface area (Å²) in [6.45, 7) is 2.52. The van der Waals surface area contributed by atoms with Gasteiger partial charge in [0.1, 0.15) is 5.82 Å². The summed E-state index contributed by atoms with van der Waals surface area (Å²) in [6, 6.07) is 4.15. The molecule has 2 rings (SSSR count). The minimum Gasteiger partial charge on any atom is -0.478 e. The molecule has 2 unspecified atom stereocenters. The van der Waals surface area contributed by atoms with Crippen LogP contribution in [0.2, 0.25) is 0 Å². The van der Waals surface area contributed by atoms with Crippen LogP contribution >= 0.6 is 0 Å². The zero-order valence-corrected chi connectivity index (χ0v) is 11.8. The van der Waals surface area contributed by atoms with E-state index in [-0.39, 0.29) is 11.7 Å². The van der Waals surface area contributed by atoms with E-state index in [0.29, 0.717) is 18.1 Å². The fourth-order valence-corrected chi connectivity index (χ4v) is 2.89. The van der Waals surface area contributed by atoms with Crippen molar-refractivity contribution >= 4 is 5.97 Å². The van der Waals surface area contributed by atoms with Crippen LogP contribution in [0.25, 0.3) is 0 Å². The van der Waals surface area contributed by atoms with Gasteiger partial charge in [0.25, 0.3) is 0 Å². The Morgan fingerprint density at radius 1 is 1.40 bits per heavy atom. The van der Waals surface area contributed by atoms with Crippen molar-refractivity contribution < 1.29 is 19.0 Å². The third-order valence-electron chi connectivity index (χ3n) is 4.09. The maximum absolute atomic E-state index is 13.3. The molecule has 0 saturated heterocycles. The number of carboxylic acid groups (broad SMARTS) is 1. The number of hydrogen-bond acceptors (Lipinski definition) is 2. The lowest BCUT2D eigenvalue weighted by atomic mass is 9.85. The molecular formula is C16H21FO3. The fraction of sp³-hybridized carbons (Fsp3) is 0.562. The van der Waals surface area contributed by atoms with Crippen LogP contribution in [-0.4, -0.2) is 17.2 Å². The molecule has 0 bridgehead atoms. The summed E-state index contributed by atoms with van der Waals surface area (Å²) >= 11 is 0. The average molecular weight is 280 g/mol. The van der Waals surface area contributed by atoms with Crippen LogP contribution in [0.4, 0.5) is 4.39 Å². The first-order chi connectivity index (χ1) is 9.61. The van der Waals surface area contributed by atoms with Gasteiger partial charge < -0.3 is 9.84 Å². The Balaban J connectivity index is 1.99. The quantitative estimate of drug-likeness (QED) is 0.886. The van der Waals surface area contributed by atoms with E-state index in [0.717, 1.165) is 12.8 Å². The molecule has 1 aromatic rings. The van der Waals surface area contributed by atoms with Crippen molar-refractivity contribution in [3.63, 3.8) is 0 Å². The highest BCUT2D eigenvalue weighted by atomic mass is 19.1. The third-order valence-corrected chi connectivity index (χ3v) is 4.09. The normalized spacial score (nSPS) is 22.7. The van der Waals surface area contributed by atoms with Crippen molar-refractivity contribution in [1.82, 2.24) is 0 Å². The van der Waals surface area contributed by atoms with Crippen molar-refractivity contribution in [3.05, 3.63) is 35.1 Å². The van der Waals surface area contributed by atoms with E-state index in [1.54, 1.807) is 6.07 Å². The van der Waals surface area contributed by atoms with Crippen LogP contribution in [-0.2, 0) is 11.3 Å². The first kappa shape index (κ1) is 15.0. The number of hydrogen-bond donors (Lipinski definition) is 1. The molecule has 2 atom stereocenters. The van der Waals surface area contributed by atoms with E-state index in [4.69, 9.17) is 9.84 Å². The predicted octanol–water partition coefficient (Wildman–Crippen LogP) is 4.01. The van der Waals surface area contributed by atoms with Gasteiger partial charge in [-0.25, -0.2) is 9.18 Å². The molecule has 1 aliphatic carbocycles. The first-order valence-electron chi connectivity index (χ1n) is 7.25. The Labute approximate surface area is 118 Å². The van der Waals surface area contributed by atoms with Gasteiger partial charge in [-0.2, -0.15) is 0 Å². The van der Waals surface area contributed by atoms with Gasteiger partial charge in [-0.3, -0.25) is 0 Å². The first-order valence-corrected chi connectivity index (χ1v) is 7.25. The van der Waals surface area contributed by atoms with Gasteiger partial charge >= 0.3 is 5.97 Å². The molecule has 20 heavy (non-hydrogen) atoms. The van der Waals surface area contributed by atoms with Crippen LogP contribution in [0.15, 0.2) is 18.2 Å². The number of benzene rings is 1. The summed E-state index contributed by atoms with van der Waals surface area (Å²) < 4.78 is 19.2. The topological polar surface area (TPSA) is 46.5 Å². The lowest BCUT2D eigenvalue weighted by molar-refractivity contribution is -0.0222. The van der Waals surface area contributed by atoms with Crippen molar-refractivity contribution in [1.29, 1.82) is 0 Å². The van der Waals surface area contributed by atoms with E-state index in [2.05, 4.69) is 6.92 Å². The molecule has 1 N–H and O–H groups in total. The summed E-state index contributed by atoms with van der Waals surface area (Å²) in [5.41, 5.74) is 0.422. The largest absolute Gasteiger partial charge is 0.478 e. The number of carbonyl (C=O) groups is 1. The Bertz CT molecular complexity index is 473. The fourth-order valence-electron chi connectivity index (χ4n) is 2.89.